The molecule has 2 aromatic carbocycles. The van der Waals surface area contributed by atoms with Gasteiger partial charge in [0.15, 0.2) is 5.75 Å². The van der Waals surface area contributed by atoms with Crippen molar-refractivity contribution in [2.45, 2.75) is 0 Å². The number of rotatable bonds is 1. The molecule has 0 fully saturated rings. The van der Waals surface area contributed by atoms with Crippen LogP contribution in [0.2, 0.25) is 10.0 Å². The molecule has 0 bridgehead atoms. The van der Waals surface area contributed by atoms with Gasteiger partial charge < -0.3 is 14.9 Å². The SMILES string of the molecule is O=C(c1cc(Cl)c(O)c(Cl)c1)N1CCOc2cccc(O)c21. The van der Waals surface area contributed by atoms with Crippen molar-refractivity contribution in [1.82, 2.24) is 0 Å². The van der Waals surface area contributed by atoms with Crippen molar-refractivity contribution in [3.8, 4) is 17.2 Å². The lowest BCUT2D eigenvalue weighted by Gasteiger charge is -2.30. The Bertz CT molecular complexity index is 740. The molecule has 1 amide bonds. The minimum Gasteiger partial charge on any atom is -0.506 e. The van der Waals surface area contributed by atoms with Gasteiger partial charge in [-0.05, 0) is 24.3 Å². The van der Waals surface area contributed by atoms with E-state index in [9.17, 15) is 15.0 Å². The number of benzene rings is 2. The monoisotopic (exact) mass is 339 g/mol. The third kappa shape index (κ3) is 2.42. The number of anilines is 1. The van der Waals surface area contributed by atoms with Crippen molar-refractivity contribution < 1.29 is 19.7 Å². The van der Waals surface area contributed by atoms with Gasteiger partial charge in [0, 0.05) is 5.56 Å². The highest BCUT2D eigenvalue weighted by molar-refractivity contribution is 6.37. The second kappa shape index (κ2) is 5.59. The molecule has 0 aromatic heterocycles. The molecule has 22 heavy (non-hydrogen) atoms. The molecule has 0 saturated carbocycles. The van der Waals surface area contributed by atoms with E-state index in [1.807, 2.05) is 0 Å². The van der Waals surface area contributed by atoms with Crippen LogP contribution >= 0.6 is 23.2 Å². The van der Waals surface area contributed by atoms with Crippen LogP contribution in [0.3, 0.4) is 0 Å². The second-order valence-corrected chi connectivity index (χ2v) is 5.53. The number of ether oxygens (including phenoxy) is 1. The molecule has 2 aromatic rings. The van der Waals surface area contributed by atoms with Gasteiger partial charge >= 0.3 is 0 Å². The number of hydrogen-bond acceptors (Lipinski definition) is 4. The normalized spacial score (nSPS) is 13.5. The van der Waals surface area contributed by atoms with E-state index >= 15 is 0 Å². The fourth-order valence-electron chi connectivity index (χ4n) is 2.31. The molecule has 0 unspecified atom stereocenters. The summed E-state index contributed by atoms with van der Waals surface area (Å²) in [6.07, 6.45) is 0. The molecule has 1 aliphatic heterocycles. The van der Waals surface area contributed by atoms with E-state index in [0.717, 1.165) is 0 Å². The molecule has 0 atom stereocenters. The van der Waals surface area contributed by atoms with Crippen LogP contribution in [0.25, 0.3) is 0 Å². The van der Waals surface area contributed by atoms with E-state index in [0.29, 0.717) is 18.0 Å². The summed E-state index contributed by atoms with van der Waals surface area (Å²) in [6, 6.07) is 7.45. The first-order chi connectivity index (χ1) is 10.5. The fraction of sp³-hybridized carbons (Fsp3) is 0.133. The Morgan fingerprint density at radius 1 is 1.18 bits per heavy atom. The molecule has 114 valence electrons. The lowest BCUT2D eigenvalue weighted by atomic mass is 10.1. The maximum Gasteiger partial charge on any atom is 0.258 e. The van der Waals surface area contributed by atoms with E-state index in [2.05, 4.69) is 0 Å². The highest BCUT2D eigenvalue weighted by Crippen LogP contribution is 2.40. The van der Waals surface area contributed by atoms with Crippen molar-refractivity contribution in [2.75, 3.05) is 18.1 Å². The highest BCUT2D eigenvalue weighted by atomic mass is 35.5. The first kappa shape index (κ1) is 14.8. The van der Waals surface area contributed by atoms with Crippen molar-refractivity contribution in [3.63, 3.8) is 0 Å². The third-order valence-corrected chi connectivity index (χ3v) is 3.91. The van der Waals surface area contributed by atoms with Crippen LogP contribution in [0.4, 0.5) is 5.69 Å². The van der Waals surface area contributed by atoms with Crippen molar-refractivity contribution >= 4 is 34.8 Å². The zero-order valence-electron chi connectivity index (χ0n) is 11.2. The Morgan fingerprint density at radius 2 is 1.86 bits per heavy atom. The summed E-state index contributed by atoms with van der Waals surface area (Å²) in [7, 11) is 0. The molecule has 3 rings (SSSR count). The lowest BCUT2D eigenvalue weighted by molar-refractivity contribution is 0.0975. The second-order valence-electron chi connectivity index (χ2n) is 4.72. The van der Waals surface area contributed by atoms with Crippen molar-refractivity contribution in [1.29, 1.82) is 0 Å². The lowest BCUT2D eigenvalue weighted by Crippen LogP contribution is -2.38. The summed E-state index contributed by atoms with van der Waals surface area (Å²) in [5, 5.41) is 19.6. The standard InChI is InChI=1S/C15H11Cl2NO4/c16-9-6-8(7-10(17)14(9)20)15(21)18-4-5-22-12-3-1-2-11(19)13(12)18/h1-3,6-7,19-20H,4-5H2. The summed E-state index contributed by atoms with van der Waals surface area (Å²) in [5.74, 6) is -0.294. The van der Waals surface area contributed by atoms with Gasteiger partial charge in [0.1, 0.15) is 23.8 Å². The number of carbonyl (C=O) groups excluding carboxylic acids is 1. The summed E-state index contributed by atoms with van der Waals surface area (Å²) in [5.41, 5.74) is 0.517. The minimum absolute atomic E-state index is 0.0124. The Labute approximate surface area is 136 Å². The van der Waals surface area contributed by atoms with Crippen LogP contribution in [0.15, 0.2) is 30.3 Å². The number of phenolic OH excluding ortho intramolecular Hbond substituents is 2. The number of para-hydroxylation sites is 1. The van der Waals surface area contributed by atoms with Crippen LogP contribution in [0, 0.1) is 0 Å². The van der Waals surface area contributed by atoms with Gasteiger partial charge in [0.25, 0.3) is 5.91 Å². The van der Waals surface area contributed by atoms with Gasteiger partial charge in [-0.1, -0.05) is 29.3 Å². The fourth-order valence-corrected chi connectivity index (χ4v) is 2.79. The third-order valence-electron chi connectivity index (χ3n) is 3.33. The molecular weight excluding hydrogens is 329 g/mol. The van der Waals surface area contributed by atoms with Gasteiger partial charge in [-0.25, -0.2) is 0 Å². The van der Waals surface area contributed by atoms with Crippen molar-refractivity contribution in [2.24, 2.45) is 0 Å². The summed E-state index contributed by atoms with van der Waals surface area (Å²) >= 11 is 11.7. The molecule has 0 spiro atoms. The van der Waals surface area contributed by atoms with Crippen LogP contribution in [0.1, 0.15) is 10.4 Å². The van der Waals surface area contributed by atoms with Crippen LogP contribution in [0.5, 0.6) is 17.2 Å². The minimum atomic E-state index is -0.394. The summed E-state index contributed by atoms with van der Waals surface area (Å²) < 4.78 is 5.44. The topological polar surface area (TPSA) is 70.0 Å². The van der Waals surface area contributed by atoms with E-state index < -0.39 is 5.91 Å². The van der Waals surface area contributed by atoms with Crippen LogP contribution < -0.4 is 9.64 Å². The molecule has 2 N–H and O–H groups in total. The Hall–Kier alpha value is -2.11. The van der Waals surface area contributed by atoms with E-state index in [4.69, 9.17) is 27.9 Å². The number of hydrogen-bond donors (Lipinski definition) is 2. The number of fused-ring (bicyclic) bond motifs is 1. The molecular formula is C15H11Cl2NO4. The van der Waals surface area contributed by atoms with Crippen LogP contribution in [-0.2, 0) is 0 Å². The molecule has 5 nitrogen and oxygen atoms in total. The molecule has 1 heterocycles. The van der Waals surface area contributed by atoms with Crippen LogP contribution in [-0.4, -0.2) is 29.3 Å². The van der Waals surface area contributed by atoms with Gasteiger partial charge in [-0.3, -0.25) is 9.69 Å². The predicted octanol–water partition coefficient (Wildman–Crippen LogP) is 3.44. The van der Waals surface area contributed by atoms with Gasteiger partial charge in [0.05, 0.1) is 16.6 Å². The maximum absolute atomic E-state index is 12.7. The zero-order valence-corrected chi connectivity index (χ0v) is 12.7. The predicted molar refractivity (Wildman–Crippen MR) is 83.4 cm³/mol. The van der Waals surface area contributed by atoms with Gasteiger partial charge in [-0.15, -0.1) is 0 Å². The quantitative estimate of drug-likeness (QED) is 0.834. The van der Waals surface area contributed by atoms with Gasteiger partial charge in [0.2, 0.25) is 0 Å². The van der Waals surface area contributed by atoms with E-state index in [1.54, 1.807) is 12.1 Å². The molecule has 7 heteroatoms. The largest absolute Gasteiger partial charge is 0.506 e. The van der Waals surface area contributed by atoms with E-state index in [-0.39, 0.29) is 33.7 Å². The molecule has 0 saturated heterocycles. The number of aromatic hydroxyl groups is 2. The Balaban J connectivity index is 2.05. The number of carbonyl (C=O) groups is 1. The zero-order chi connectivity index (χ0) is 15.9. The number of halogens is 2. The maximum atomic E-state index is 12.7. The highest BCUT2D eigenvalue weighted by Gasteiger charge is 2.28. The van der Waals surface area contributed by atoms with E-state index in [1.165, 1.54) is 23.1 Å². The summed E-state index contributed by atoms with van der Waals surface area (Å²) in [6.45, 7) is 0.585. The Kier molecular flexibility index (Phi) is 3.76. The van der Waals surface area contributed by atoms with Gasteiger partial charge in [-0.2, -0.15) is 0 Å². The molecule has 0 radical (unpaired) electrons. The average Bonchev–Trinajstić information content (AvgIpc) is 2.51. The Morgan fingerprint density at radius 3 is 2.55 bits per heavy atom. The number of nitrogens with zero attached hydrogens (tertiary/aromatic N) is 1. The first-order valence-corrected chi connectivity index (χ1v) is 7.19. The van der Waals surface area contributed by atoms with Crippen molar-refractivity contribution in [3.05, 3.63) is 45.9 Å². The molecule has 1 aliphatic rings. The molecule has 0 aliphatic carbocycles. The summed E-state index contributed by atoms with van der Waals surface area (Å²) in [4.78, 5) is 14.1. The smallest absolute Gasteiger partial charge is 0.258 e. The average molecular weight is 340 g/mol. The number of phenols is 2. The first-order valence-electron chi connectivity index (χ1n) is 6.43. The number of amides is 1.